The summed E-state index contributed by atoms with van der Waals surface area (Å²) in [6.07, 6.45) is 0.405. The standard InChI is InChI=1S/C24H23N3O3S/c1-15-13-18(16(2)30-15)22(28)26-27-23(29)24(3,17-9-5-4-6-10-17)14-21-25-19-11-7-8-12-20(19)31-21/h4-13H,14H2,1-3H3,(H,26,28)(H,27,29). The Morgan fingerprint density at radius 3 is 2.42 bits per heavy atom. The molecule has 0 saturated carbocycles. The largest absolute Gasteiger partial charge is 0.466 e. The molecule has 31 heavy (non-hydrogen) atoms. The molecular weight excluding hydrogens is 410 g/mol. The fourth-order valence-electron chi connectivity index (χ4n) is 3.59. The van der Waals surface area contributed by atoms with Crippen LogP contribution in [0.5, 0.6) is 0 Å². The Hall–Kier alpha value is -3.45. The normalized spacial score (nSPS) is 13.0. The minimum Gasteiger partial charge on any atom is -0.466 e. The van der Waals surface area contributed by atoms with Gasteiger partial charge >= 0.3 is 0 Å². The molecule has 0 saturated heterocycles. The molecule has 2 N–H and O–H groups in total. The zero-order valence-corrected chi connectivity index (χ0v) is 18.4. The third kappa shape index (κ3) is 4.22. The van der Waals surface area contributed by atoms with Gasteiger partial charge in [-0.2, -0.15) is 0 Å². The van der Waals surface area contributed by atoms with Crippen molar-refractivity contribution in [3.05, 3.63) is 88.3 Å². The van der Waals surface area contributed by atoms with Gasteiger partial charge in [-0.15, -0.1) is 11.3 Å². The Bertz CT molecular complexity index is 1210. The van der Waals surface area contributed by atoms with Gasteiger partial charge in [0.1, 0.15) is 11.5 Å². The third-order valence-electron chi connectivity index (χ3n) is 5.33. The molecular formula is C24H23N3O3S. The lowest BCUT2D eigenvalue weighted by atomic mass is 9.79. The fourth-order valence-corrected chi connectivity index (χ4v) is 4.72. The number of furan rings is 1. The van der Waals surface area contributed by atoms with E-state index in [0.717, 1.165) is 20.8 Å². The summed E-state index contributed by atoms with van der Waals surface area (Å²) in [5.41, 5.74) is 6.36. The van der Waals surface area contributed by atoms with E-state index in [1.807, 2.05) is 61.5 Å². The van der Waals surface area contributed by atoms with E-state index in [4.69, 9.17) is 9.40 Å². The number of fused-ring (bicyclic) bond motifs is 1. The summed E-state index contributed by atoms with van der Waals surface area (Å²) in [5.74, 6) is 0.408. The van der Waals surface area contributed by atoms with E-state index in [1.54, 1.807) is 31.3 Å². The van der Waals surface area contributed by atoms with Crippen LogP contribution in [0, 0.1) is 13.8 Å². The number of hydrogen-bond acceptors (Lipinski definition) is 5. The maximum absolute atomic E-state index is 13.3. The van der Waals surface area contributed by atoms with E-state index < -0.39 is 11.3 Å². The molecule has 158 valence electrons. The smallest absolute Gasteiger partial charge is 0.273 e. The van der Waals surface area contributed by atoms with E-state index in [0.29, 0.717) is 23.5 Å². The van der Waals surface area contributed by atoms with Crippen LogP contribution in [0.2, 0.25) is 0 Å². The predicted octanol–water partition coefficient (Wildman–Crippen LogP) is 4.47. The van der Waals surface area contributed by atoms with Crippen LogP contribution in [0.25, 0.3) is 10.2 Å². The second-order valence-corrected chi connectivity index (χ2v) is 8.80. The summed E-state index contributed by atoms with van der Waals surface area (Å²) in [4.78, 5) is 30.6. The molecule has 6 nitrogen and oxygen atoms in total. The first-order valence-corrected chi connectivity index (χ1v) is 10.8. The van der Waals surface area contributed by atoms with Crippen molar-refractivity contribution in [2.45, 2.75) is 32.6 Å². The van der Waals surface area contributed by atoms with Crippen molar-refractivity contribution in [2.24, 2.45) is 0 Å². The summed E-state index contributed by atoms with van der Waals surface area (Å²) in [5, 5.41) is 0.857. The minimum absolute atomic E-state index is 0.316. The molecule has 2 aromatic carbocycles. The van der Waals surface area contributed by atoms with Crippen LogP contribution < -0.4 is 10.9 Å². The Kier molecular flexibility index (Phi) is 5.61. The molecule has 0 spiro atoms. The topological polar surface area (TPSA) is 84.2 Å². The monoisotopic (exact) mass is 433 g/mol. The first-order chi connectivity index (χ1) is 14.9. The van der Waals surface area contributed by atoms with Crippen molar-refractivity contribution in [1.29, 1.82) is 0 Å². The average molecular weight is 434 g/mol. The number of hydrogen-bond donors (Lipinski definition) is 2. The summed E-state index contributed by atoms with van der Waals surface area (Å²) < 4.78 is 6.48. The molecule has 0 aliphatic rings. The van der Waals surface area contributed by atoms with Gasteiger partial charge in [0.25, 0.3) is 5.91 Å². The molecule has 0 fully saturated rings. The van der Waals surface area contributed by atoms with Crippen LogP contribution in [-0.4, -0.2) is 16.8 Å². The molecule has 0 bridgehead atoms. The Labute approximate surface area is 184 Å². The van der Waals surface area contributed by atoms with Gasteiger partial charge in [0.05, 0.1) is 26.2 Å². The zero-order valence-electron chi connectivity index (χ0n) is 17.6. The summed E-state index contributed by atoms with van der Waals surface area (Å²) in [6.45, 7) is 5.35. The number of para-hydroxylation sites is 1. The number of rotatable bonds is 5. The number of hydrazine groups is 1. The van der Waals surface area contributed by atoms with Gasteiger partial charge in [-0.3, -0.25) is 20.4 Å². The van der Waals surface area contributed by atoms with Crippen molar-refractivity contribution in [3.63, 3.8) is 0 Å². The highest BCUT2D eigenvalue weighted by molar-refractivity contribution is 7.18. The van der Waals surface area contributed by atoms with Crippen LogP contribution in [-0.2, 0) is 16.6 Å². The van der Waals surface area contributed by atoms with E-state index in [9.17, 15) is 9.59 Å². The second-order valence-electron chi connectivity index (χ2n) is 7.69. The minimum atomic E-state index is -0.927. The van der Waals surface area contributed by atoms with Gasteiger partial charge in [-0.25, -0.2) is 4.98 Å². The molecule has 1 unspecified atom stereocenters. The Morgan fingerprint density at radius 2 is 1.74 bits per heavy atom. The summed E-state index contributed by atoms with van der Waals surface area (Å²) in [7, 11) is 0. The molecule has 2 aromatic heterocycles. The number of aryl methyl sites for hydroxylation is 2. The SMILES string of the molecule is Cc1cc(C(=O)NNC(=O)C(C)(Cc2nc3ccccc3s2)c2ccccc2)c(C)o1. The number of nitrogens with one attached hydrogen (secondary N) is 2. The van der Waals surface area contributed by atoms with Gasteiger partial charge in [0, 0.05) is 6.42 Å². The highest BCUT2D eigenvalue weighted by Crippen LogP contribution is 2.32. The lowest BCUT2D eigenvalue weighted by Gasteiger charge is -2.28. The number of aromatic nitrogens is 1. The van der Waals surface area contributed by atoms with Gasteiger partial charge < -0.3 is 4.42 Å². The molecule has 2 heterocycles. The van der Waals surface area contributed by atoms with Crippen LogP contribution in [0.4, 0.5) is 0 Å². The van der Waals surface area contributed by atoms with Crippen LogP contribution in [0.15, 0.2) is 65.1 Å². The van der Waals surface area contributed by atoms with E-state index in [-0.39, 0.29) is 5.91 Å². The van der Waals surface area contributed by atoms with Crippen LogP contribution in [0.1, 0.15) is 39.4 Å². The van der Waals surface area contributed by atoms with E-state index in [2.05, 4.69) is 10.9 Å². The molecule has 4 rings (SSSR count). The maximum atomic E-state index is 13.3. The van der Waals surface area contributed by atoms with Gasteiger partial charge in [-0.1, -0.05) is 42.5 Å². The molecule has 0 aliphatic carbocycles. The average Bonchev–Trinajstić information content (AvgIpc) is 3.33. The van der Waals surface area contributed by atoms with Crippen molar-refractivity contribution < 1.29 is 14.0 Å². The quantitative estimate of drug-likeness (QED) is 0.455. The fraction of sp³-hybridized carbons (Fsp3) is 0.208. The molecule has 2 amide bonds. The van der Waals surface area contributed by atoms with Gasteiger partial charge in [-0.05, 0) is 44.5 Å². The van der Waals surface area contributed by atoms with Gasteiger partial charge in [0.15, 0.2) is 0 Å². The lowest BCUT2D eigenvalue weighted by Crippen LogP contribution is -2.51. The third-order valence-corrected chi connectivity index (χ3v) is 6.37. The van der Waals surface area contributed by atoms with E-state index in [1.165, 1.54) is 0 Å². The van der Waals surface area contributed by atoms with Crippen LogP contribution in [0.3, 0.4) is 0 Å². The first-order valence-electron chi connectivity index (χ1n) is 9.94. The molecule has 4 aromatic rings. The number of amides is 2. The number of benzene rings is 2. The Morgan fingerprint density at radius 1 is 1.03 bits per heavy atom. The number of carbonyl (C=O) groups is 2. The Balaban J connectivity index is 1.59. The van der Waals surface area contributed by atoms with Crippen molar-refractivity contribution in [2.75, 3.05) is 0 Å². The van der Waals surface area contributed by atoms with Gasteiger partial charge in [0.2, 0.25) is 5.91 Å². The summed E-state index contributed by atoms with van der Waals surface area (Å²) in [6, 6.07) is 19.1. The number of nitrogens with zero attached hydrogens (tertiary/aromatic N) is 1. The van der Waals surface area contributed by atoms with Crippen molar-refractivity contribution in [1.82, 2.24) is 15.8 Å². The van der Waals surface area contributed by atoms with Crippen molar-refractivity contribution >= 4 is 33.4 Å². The summed E-state index contributed by atoms with van der Waals surface area (Å²) >= 11 is 1.57. The number of thiazole rings is 1. The van der Waals surface area contributed by atoms with E-state index >= 15 is 0 Å². The molecule has 0 aliphatic heterocycles. The zero-order chi connectivity index (χ0) is 22.0. The highest BCUT2D eigenvalue weighted by Gasteiger charge is 2.37. The second kappa shape index (κ2) is 8.35. The molecule has 7 heteroatoms. The number of carbonyl (C=O) groups excluding carboxylic acids is 2. The maximum Gasteiger partial charge on any atom is 0.273 e. The van der Waals surface area contributed by atoms with Crippen LogP contribution >= 0.6 is 11.3 Å². The van der Waals surface area contributed by atoms with Crippen molar-refractivity contribution in [3.8, 4) is 0 Å². The predicted molar refractivity (Wildman–Crippen MR) is 121 cm³/mol. The molecule has 0 radical (unpaired) electrons. The molecule has 1 atom stereocenters. The first kappa shape index (κ1) is 20.8. The lowest BCUT2D eigenvalue weighted by molar-refractivity contribution is -0.127. The highest BCUT2D eigenvalue weighted by atomic mass is 32.1.